The van der Waals surface area contributed by atoms with Crippen molar-refractivity contribution in [3.05, 3.63) is 131 Å². The second-order valence-corrected chi connectivity index (χ2v) is 23.4. The van der Waals surface area contributed by atoms with E-state index in [0.717, 1.165) is 62.4 Å². The van der Waals surface area contributed by atoms with Gasteiger partial charge in [-0.3, -0.25) is 9.59 Å². The van der Waals surface area contributed by atoms with Gasteiger partial charge < -0.3 is 51.1 Å². The number of hydrogen-bond donors (Lipinski definition) is 4. The van der Waals surface area contributed by atoms with E-state index in [4.69, 9.17) is 40.9 Å². The fourth-order valence-corrected chi connectivity index (χ4v) is 9.58. The van der Waals surface area contributed by atoms with E-state index in [1.54, 1.807) is 29.2 Å². The zero-order valence-electron chi connectivity index (χ0n) is 45.1. The predicted molar refractivity (Wildman–Crippen MR) is 295 cm³/mol. The van der Waals surface area contributed by atoms with Crippen LogP contribution in [0.3, 0.4) is 0 Å². The van der Waals surface area contributed by atoms with Crippen LogP contribution in [-0.4, -0.2) is 134 Å². The summed E-state index contributed by atoms with van der Waals surface area (Å²) in [5, 5.41) is 2.54. The number of carbonyl (C=O) groups excluding carboxylic acids is 3. The summed E-state index contributed by atoms with van der Waals surface area (Å²) >= 11 is 0. The lowest BCUT2D eigenvalue weighted by molar-refractivity contribution is 0.00774. The molecular weight excluding hydrogens is 1080 g/mol. The number of piperidine rings is 2. The first-order valence-corrected chi connectivity index (χ1v) is 28.5. The van der Waals surface area contributed by atoms with Crippen molar-refractivity contribution in [2.75, 3.05) is 74.9 Å². The predicted octanol–water partition coefficient (Wildman–Crippen LogP) is 7.26. The number of amides is 1. The van der Waals surface area contributed by atoms with E-state index in [2.05, 4.69) is 25.3 Å². The molecule has 6 aromatic rings. The molecule has 4 aromatic carbocycles. The van der Waals surface area contributed by atoms with E-state index in [0.29, 0.717) is 36.8 Å². The number of rotatable bonds is 15. The van der Waals surface area contributed by atoms with Crippen molar-refractivity contribution in [3.8, 4) is 23.0 Å². The van der Waals surface area contributed by atoms with Gasteiger partial charge in [0.25, 0.3) is 0 Å². The second kappa shape index (κ2) is 26.6. The Balaban J connectivity index is 0.000000204. The number of nitrogen functional groups attached to an aromatic ring is 3. The largest absolute Gasteiger partial charge is 0.496 e. The van der Waals surface area contributed by atoms with Gasteiger partial charge in [-0.25, -0.2) is 45.4 Å². The quantitative estimate of drug-likeness (QED) is 0.0446. The minimum Gasteiger partial charge on any atom is -0.496 e. The summed E-state index contributed by atoms with van der Waals surface area (Å²) in [6.45, 7) is 9.15. The third kappa shape index (κ3) is 16.9. The number of halogens is 2. The molecule has 428 valence electrons. The van der Waals surface area contributed by atoms with Gasteiger partial charge in [-0.15, -0.1) is 0 Å². The number of likely N-dealkylation sites (tertiary alicyclic amines) is 1. The Morgan fingerprint density at radius 1 is 0.688 bits per heavy atom. The summed E-state index contributed by atoms with van der Waals surface area (Å²) in [5.41, 5.74) is 18.0. The lowest BCUT2D eigenvalue weighted by atomic mass is 10.0. The van der Waals surface area contributed by atoms with Crippen LogP contribution in [0.1, 0.15) is 85.2 Å². The Kier molecular flexibility index (Phi) is 20.3. The number of sulfone groups is 1. The number of anilines is 5. The van der Waals surface area contributed by atoms with Gasteiger partial charge in [-0.05, 0) is 131 Å². The van der Waals surface area contributed by atoms with Crippen molar-refractivity contribution in [3.63, 3.8) is 0 Å². The van der Waals surface area contributed by atoms with Crippen molar-refractivity contribution in [1.29, 1.82) is 0 Å². The summed E-state index contributed by atoms with van der Waals surface area (Å²) in [7, 11) is -4.18. The van der Waals surface area contributed by atoms with Crippen LogP contribution in [0.25, 0.3) is 0 Å². The fraction of sp³-hybridized carbons (Fsp3) is 0.352. The number of benzene rings is 4. The Labute approximate surface area is 462 Å². The number of hydrogen-bond acceptors (Lipinski definition) is 20. The average molecular weight is 1150 g/mol. The summed E-state index contributed by atoms with van der Waals surface area (Å²) in [6.07, 6.45) is 6.34. The highest BCUT2D eigenvalue weighted by atomic mass is 32.2. The molecular formula is C54H64F2N10O12S2. The SMILES string of the molecule is CC(C)(C)OC(=O)N1CCCC(Oc2ccc(N)cc2)C1.CCS(=O)(=O)c1ncc(C(=O)c2cc(F)ccc2OC)c(N)n1.COc1ccc(F)cc1C(=O)c1cnc(Nc2ccc(OC3CCCN(S(C)(=O)=O)C3)cc2)nc1N. The first kappa shape index (κ1) is 61.0. The number of nitrogens with zero attached hydrogens (tertiary/aromatic N) is 6. The lowest BCUT2D eigenvalue weighted by Gasteiger charge is -2.34. The van der Waals surface area contributed by atoms with Crippen molar-refractivity contribution in [1.82, 2.24) is 29.1 Å². The van der Waals surface area contributed by atoms with Crippen LogP contribution in [0.5, 0.6) is 23.0 Å². The Morgan fingerprint density at radius 3 is 1.68 bits per heavy atom. The number of carbonyl (C=O) groups is 3. The van der Waals surface area contributed by atoms with Crippen LogP contribution in [0.2, 0.25) is 0 Å². The zero-order chi connectivity index (χ0) is 58.5. The molecule has 2 aromatic heterocycles. The first-order valence-electron chi connectivity index (χ1n) is 25.0. The van der Waals surface area contributed by atoms with E-state index in [1.807, 2.05) is 45.0 Å². The molecule has 2 fully saturated rings. The third-order valence-electron chi connectivity index (χ3n) is 12.0. The summed E-state index contributed by atoms with van der Waals surface area (Å²) in [5.74, 6) is -1.10. The maximum Gasteiger partial charge on any atom is 0.410 e. The van der Waals surface area contributed by atoms with Gasteiger partial charge in [0.2, 0.25) is 42.5 Å². The fourth-order valence-electron chi connectivity index (χ4n) is 7.97. The molecule has 7 N–H and O–H groups in total. The molecule has 1 amide bonds. The minimum absolute atomic E-state index is 0.00473. The highest BCUT2D eigenvalue weighted by molar-refractivity contribution is 7.91. The maximum absolute atomic E-state index is 13.7. The number of methoxy groups -OCH3 is 2. The Hall–Kier alpha value is -8.23. The molecule has 26 heteroatoms. The topological polar surface area (TPSA) is 314 Å². The number of nitrogens with one attached hydrogen (secondary N) is 1. The van der Waals surface area contributed by atoms with Crippen molar-refractivity contribution >= 4 is 66.5 Å². The van der Waals surface area contributed by atoms with E-state index >= 15 is 0 Å². The van der Waals surface area contributed by atoms with Gasteiger partial charge in [0, 0.05) is 36.9 Å². The van der Waals surface area contributed by atoms with E-state index in [-0.39, 0.29) is 75.4 Å². The number of ether oxygens (including phenoxy) is 5. The van der Waals surface area contributed by atoms with Crippen molar-refractivity contribution in [2.45, 2.75) is 76.3 Å². The molecule has 0 saturated carbocycles. The molecule has 0 radical (unpaired) electrons. The number of aromatic nitrogens is 4. The van der Waals surface area contributed by atoms with E-state index in [9.17, 15) is 40.0 Å². The van der Waals surface area contributed by atoms with Crippen LogP contribution in [0, 0.1) is 11.6 Å². The monoisotopic (exact) mass is 1150 g/mol. The smallest absolute Gasteiger partial charge is 0.410 e. The molecule has 8 rings (SSSR count). The first-order chi connectivity index (χ1) is 37.8. The summed E-state index contributed by atoms with van der Waals surface area (Å²) < 4.78 is 103. The van der Waals surface area contributed by atoms with Crippen LogP contribution in [0.15, 0.2) is 102 Å². The molecule has 2 atom stereocenters. The van der Waals surface area contributed by atoms with E-state index in [1.165, 1.54) is 56.1 Å². The van der Waals surface area contributed by atoms with Crippen LogP contribution in [-0.2, 0) is 24.6 Å². The van der Waals surface area contributed by atoms with Crippen LogP contribution in [0.4, 0.5) is 42.5 Å². The minimum atomic E-state index is -3.65. The van der Waals surface area contributed by atoms with Gasteiger partial charge in [0.05, 0.1) is 61.6 Å². The van der Waals surface area contributed by atoms with E-state index < -0.39 is 53.8 Å². The van der Waals surface area contributed by atoms with Crippen molar-refractivity contribution in [2.24, 2.45) is 0 Å². The van der Waals surface area contributed by atoms with Gasteiger partial charge in [-0.2, -0.15) is 9.29 Å². The normalized spacial score (nSPS) is 15.6. The third-order valence-corrected chi connectivity index (χ3v) is 14.8. The number of sulfonamides is 1. The molecule has 0 bridgehead atoms. The molecule has 2 saturated heterocycles. The van der Waals surface area contributed by atoms with Crippen LogP contribution < -0.4 is 41.5 Å². The number of nitrogens with two attached hydrogens (primary N) is 3. The van der Waals surface area contributed by atoms with Gasteiger partial charge in [0.15, 0.2) is 0 Å². The van der Waals surface area contributed by atoms with Gasteiger partial charge in [-0.1, -0.05) is 6.92 Å². The molecule has 2 unspecified atom stereocenters. The highest BCUT2D eigenvalue weighted by Gasteiger charge is 2.30. The molecule has 22 nitrogen and oxygen atoms in total. The molecule has 2 aliphatic rings. The summed E-state index contributed by atoms with van der Waals surface area (Å²) in [6, 6.07) is 21.4. The Bertz CT molecular complexity index is 3390. The van der Waals surface area contributed by atoms with Crippen molar-refractivity contribution < 1.29 is 63.7 Å². The molecule has 0 spiro atoms. The number of ketones is 2. The summed E-state index contributed by atoms with van der Waals surface area (Å²) in [4.78, 5) is 54.8. The molecule has 4 heterocycles. The average Bonchev–Trinajstić information content (AvgIpc) is 3.43. The Morgan fingerprint density at radius 2 is 1.19 bits per heavy atom. The zero-order valence-corrected chi connectivity index (χ0v) is 46.8. The molecule has 2 aliphatic heterocycles. The highest BCUT2D eigenvalue weighted by Crippen LogP contribution is 2.29. The molecule has 0 aliphatic carbocycles. The van der Waals surface area contributed by atoms with Gasteiger partial charge in [0.1, 0.15) is 64.1 Å². The standard InChI is InChI=1S/C24H26FN5O5S.C16H24N2O3.C14H14FN3O4S/c1-34-21-10-5-15(25)12-19(21)22(31)20-13-27-24(29-23(20)26)28-16-6-8-17(9-7-16)35-18-4-3-11-30(14-18)36(2,32)33;1-16(2,3)21-15(19)18-10-4-5-14(11-18)20-13-8-6-12(17)7-9-13;1-3-23(20,21)14-17-7-10(13(16)18-14)12(19)9-6-8(15)4-5-11(9)22-2/h5-10,12-13,18H,3-4,11,14H2,1-2H3,(H3,26,27,28,29);6-9,14H,4-5,10-11,17H2,1-3H3;4-7H,3H2,1-2H3,(H2,16,17,18). The van der Waals surface area contributed by atoms with Gasteiger partial charge >= 0.3 is 6.09 Å². The lowest BCUT2D eigenvalue weighted by Crippen LogP contribution is -2.46. The second-order valence-electron chi connectivity index (χ2n) is 19.2. The van der Waals surface area contributed by atoms with Crippen LogP contribution >= 0.6 is 0 Å². The maximum atomic E-state index is 13.7. The molecule has 80 heavy (non-hydrogen) atoms.